The lowest BCUT2D eigenvalue weighted by atomic mass is 9.66. The normalized spacial score (nSPS) is 35.8. The summed E-state index contributed by atoms with van der Waals surface area (Å²) in [7, 11) is 0. The minimum Gasteiger partial charge on any atom is -0.450 e. The summed E-state index contributed by atoms with van der Waals surface area (Å²) in [5, 5.41) is 8.68. The molecule has 2 fully saturated rings. The summed E-state index contributed by atoms with van der Waals surface area (Å²) < 4.78 is 4.95. The molecule has 0 saturated heterocycles. The lowest BCUT2D eigenvalue weighted by Crippen LogP contribution is -2.35. The van der Waals surface area contributed by atoms with Crippen LogP contribution in [0.25, 0.3) is 0 Å². The van der Waals surface area contributed by atoms with E-state index in [0.717, 1.165) is 30.6 Å². The average molecular weight is 254 g/mol. The Morgan fingerprint density at radius 1 is 1.17 bits per heavy atom. The molecule has 0 aromatic heterocycles. The van der Waals surface area contributed by atoms with Crippen LogP contribution >= 0.6 is 0 Å². The minimum absolute atomic E-state index is 0.0315. The first-order chi connectivity index (χ1) is 8.69. The summed E-state index contributed by atoms with van der Waals surface area (Å²) in [6.45, 7) is 2.26. The number of unbranched alkanes of at least 4 members (excludes halogenated alkanes) is 1. The van der Waals surface area contributed by atoms with Gasteiger partial charge in [0.05, 0.1) is 0 Å². The van der Waals surface area contributed by atoms with Crippen LogP contribution in [0.2, 0.25) is 0 Å². The zero-order valence-corrected chi connectivity index (χ0v) is 11.4. The van der Waals surface area contributed by atoms with Crippen molar-refractivity contribution < 1.29 is 14.6 Å². The summed E-state index contributed by atoms with van der Waals surface area (Å²) in [5.41, 5.74) is 0. The molecule has 18 heavy (non-hydrogen) atoms. The third-order valence-electron chi connectivity index (χ3n) is 4.91. The van der Waals surface area contributed by atoms with E-state index in [0.29, 0.717) is 0 Å². The zero-order chi connectivity index (χ0) is 13.0. The second kappa shape index (κ2) is 6.44. The molecule has 2 rings (SSSR count). The Labute approximate surface area is 110 Å². The highest BCUT2D eigenvalue weighted by Gasteiger charge is 2.36. The molecule has 0 heterocycles. The second-order valence-corrected chi connectivity index (χ2v) is 6.16. The molecule has 0 bridgehead atoms. The third-order valence-corrected chi connectivity index (χ3v) is 4.91. The lowest BCUT2D eigenvalue weighted by molar-refractivity contribution is -0.00412. The summed E-state index contributed by atoms with van der Waals surface area (Å²) in [4.78, 5) is 10.6. The van der Waals surface area contributed by atoms with E-state index in [9.17, 15) is 4.79 Å². The van der Waals surface area contributed by atoms with Crippen molar-refractivity contribution in [2.45, 2.75) is 70.8 Å². The number of hydrogen-bond donors (Lipinski definition) is 1. The number of carboxylic acid groups (broad SMARTS) is 1. The molecule has 2 aliphatic carbocycles. The van der Waals surface area contributed by atoms with E-state index in [1.54, 1.807) is 0 Å². The summed E-state index contributed by atoms with van der Waals surface area (Å²) in [6.07, 6.45) is 10.0. The molecule has 0 amide bonds. The monoisotopic (exact) mass is 254 g/mol. The van der Waals surface area contributed by atoms with Gasteiger partial charge in [-0.05, 0) is 49.9 Å². The Bertz CT molecular complexity index is 277. The second-order valence-electron chi connectivity index (χ2n) is 6.16. The van der Waals surface area contributed by atoms with Crippen molar-refractivity contribution >= 4 is 6.16 Å². The fraction of sp³-hybridized carbons (Fsp3) is 0.933. The maximum atomic E-state index is 10.6. The van der Waals surface area contributed by atoms with E-state index >= 15 is 0 Å². The molecule has 0 aliphatic heterocycles. The van der Waals surface area contributed by atoms with Crippen molar-refractivity contribution in [2.24, 2.45) is 17.8 Å². The Morgan fingerprint density at radius 2 is 1.89 bits per heavy atom. The number of hydrogen-bond acceptors (Lipinski definition) is 2. The Morgan fingerprint density at radius 3 is 2.61 bits per heavy atom. The van der Waals surface area contributed by atoms with Gasteiger partial charge in [-0.1, -0.05) is 32.6 Å². The van der Waals surface area contributed by atoms with Gasteiger partial charge in [0, 0.05) is 0 Å². The molecule has 4 unspecified atom stereocenters. The van der Waals surface area contributed by atoms with Crippen molar-refractivity contribution in [2.75, 3.05) is 0 Å². The maximum Gasteiger partial charge on any atom is 0.506 e. The van der Waals surface area contributed by atoms with Gasteiger partial charge in [-0.15, -0.1) is 0 Å². The Balaban J connectivity index is 1.78. The van der Waals surface area contributed by atoms with E-state index < -0.39 is 6.16 Å². The van der Waals surface area contributed by atoms with Crippen LogP contribution in [-0.2, 0) is 4.74 Å². The Hall–Kier alpha value is -0.730. The number of ether oxygens (including phenoxy) is 1. The van der Waals surface area contributed by atoms with Crippen molar-refractivity contribution in [1.29, 1.82) is 0 Å². The van der Waals surface area contributed by atoms with Gasteiger partial charge in [0.25, 0.3) is 0 Å². The fourth-order valence-corrected chi connectivity index (χ4v) is 3.95. The van der Waals surface area contributed by atoms with Gasteiger partial charge in [-0.25, -0.2) is 4.79 Å². The van der Waals surface area contributed by atoms with Crippen LogP contribution in [0.4, 0.5) is 4.79 Å². The molecule has 3 heteroatoms. The topological polar surface area (TPSA) is 46.5 Å². The first kappa shape index (κ1) is 13.7. The standard InChI is InChI=1S/C15H26O3/c1-2-3-4-11-5-6-13-10-14(18-15(16)17)8-7-12(13)9-11/h11-14H,2-10H2,1H3,(H,16,17). The van der Waals surface area contributed by atoms with E-state index in [2.05, 4.69) is 6.92 Å². The number of rotatable bonds is 4. The molecule has 104 valence electrons. The zero-order valence-electron chi connectivity index (χ0n) is 11.4. The van der Waals surface area contributed by atoms with Gasteiger partial charge in [0.1, 0.15) is 6.10 Å². The maximum absolute atomic E-state index is 10.6. The minimum atomic E-state index is -1.10. The largest absolute Gasteiger partial charge is 0.506 e. The predicted molar refractivity (Wildman–Crippen MR) is 70.6 cm³/mol. The number of fused-ring (bicyclic) bond motifs is 1. The van der Waals surface area contributed by atoms with Crippen LogP contribution in [-0.4, -0.2) is 17.4 Å². The first-order valence-electron chi connectivity index (χ1n) is 7.58. The molecule has 4 atom stereocenters. The lowest BCUT2D eigenvalue weighted by Gasteiger charge is -2.41. The molecule has 2 saturated carbocycles. The molecule has 1 N–H and O–H groups in total. The van der Waals surface area contributed by atoms with Crippen LogP contribution in [0, 0.1) is 17.8 Å². The third kappa shape index (κ3) is 3.63. The van der Waals surface area contributed by atoms with Crippen LogP contribution in [0.15, 0.2) is 0 Å². The molecule has 0 radical (unpaired) electrons. The van der Waals surface area contributed by atoms with Gasteiger partial charge < -0.3 is 9.84 Å². The van der Waals surface area contributed by atoms with Crippen molar-refractivity contribution in [3.8, 4) is 0 Å². The van der Waals surface area contributed by atoms with Gasteiger partial charge in [0.15, 0.2) is 0 Å². The van der Waals surface area contributed by atoms with E-state index in [1.807, 2.05) is 0 Å². The SMILES string of the molecule is CCCCC1CCC2CC(OC(=O)O)CCC2C1. The fourth-order valence-electron chi connectivity index (χ4n) is 3.95. The van der Waals surface area contributed by atoms with E-state index in [-0.39, 0.29) is 6.10 Å². The highest BCUT2D eigenvalue weighted by molar-refractivity contribution is 5.57. The summed E-state index contributed by atoms with van der Waals surface area (Å²) in [6, 6.07) is 0. The summed E-state index contributed by atoms with van der Waals surface area (Å²) >= 11 is 0. The van der Waals surface area contributed by atoms with Gasteiger partial charge >= 0.3 is 6.16 Å². The van der Waals surface area contributed by atoms with Gasteiger partial charge in [-0.3, -0.25) is 0 Å². The quantitative estimate of drug-likeness (QED) is 0.753. The molecule has 2 aliphatic rings. The van der Waals surface area contributed by atoms with Crippen molar-refractivity contribution in [3.05, 3.63) is 0 Å². The molecule has 0 spiro atoms. The van der Waals surface area contributed by atoms with Crippen LogP contribution in [0.5, 0.6) is 0 Å². The van der Waals surface area contributed by atoms with Crippen LogP contribution in [0.3, 0.4) is 0 Å². The molecular weight excluding hydrogens is 228 g/mol. The van der Waals surface area contributed by atoms with Gasteiger partial charge in [-0.2, -0.15) is 0 Å². The van der Waals surface area contributed by atoms with Crippen LogP contribution < -0.4 is 0 Å². The highest BCUT2D eigenvalue weighted by atomic mass is 16.7. The molecule has 3 nitrogen and oxygen atoms in total. The smallest absolute Gasteiger partial charge is 0.450 e. The predicted octanol–water partition coefficient (Wildman–Crippen LogP) is 4.46. The van der Waals surface area contributed by atoms with Crippen molar-refractivity contribution in [3.63, 3.8) is 0 Å². The van der Waals surface area contributed by atoms with Crippen LogP contribution in [0.1, 0.15) is 64.7 Å². The molecule has 0 aromatic carbocycles. The number of carbonyl (C=O) groups is 1. The summed E-state index contributed by atoms with van der Waals surface area (Å²) in [5.74, 6) is 2.50. The average Bonchev–Trinajstić information content (AvgIpc) is 2.35. The van der Waals surface area contributed by atoms with Gasteiger partial charge in [0.2, 0.25) is 0 Å². The first-order valence-corrected chi connectivity index (χ1v) is 7.58. The molecule has 0 aromatic rings. The Kier molecular flexibility index (Phi) is 4.90. The molecular formula is C15H26O3. The highest BCUT2D eigenvalue weighted by Crippen LogP contribution is 2.44. The van der Waals surface area contributed by atoms with E-state index in [4.69, 9.17) is 9.84 Å². The van der Waals surface area contributed by atoms with E-state index in [1.165, 1.54) is 44.9 Å². The van der Waals surface area contributed by atoms with Crippen molar-refractivity contribution in [1.82, 2.24) is 0 Å².